The number of anilines is 2. The summed E-state index contributed by atoms with van der Waals surface area (Å²) in [6, 6.07) is 18.5. The minimum atomic E-state index is 0.617. The summed E-state index contributed by atoms with van der Waals surface area (Å²) in [6.07, 6.45) is 0. The summed E-state index contributed by atoms with van der Waals surface area (Å²) >= 11 is 0. The third kappa shape index (κ3) is 2.03. The van der Waals surface area contributed by atoms with Gasteiger partial charge in [0.25, 0.3) is 0 Å². The summed E-state index contributed by atoms with van der Waals surface area (Å²) in [6.45, 7) is 0.703. The van der Waals surface area contributed by atoms with Gasteiger partial charge in [0.15, 0.2) is 0 Å². The quantitative estimate of drug-likeness (QED) is 0.505. The molecule has 4 rings (SSSR count). The van der Waals surface area contributed by atoms with Gasteiger partial charge >= 0.3 is 0 Å². The number of hydrogen-bond donors (Lipinski definition) is 3. The van der Waals surface area contributed by atoms with E-state index in [0.717, 1.165) is 11.2 Å². The fraction of sp³-hybridized carbons (Fsp3) is 0.0588. The zero-order valence-corrected chi connectivity index (χ0v) is 11.9. The molecule has 5 heteroatoms. The van der Waals surface area contributed by atoms with Crippen molar-refractivity contribution in [3.63, 3.8) is 0 Å². The van der Waals surface area contributed by atoms with Gasteiger partial charge in [0.1, 0.15) is 11.0 Å². The molecule has 0 saturated carbocycles. The molecule has 4 aromatic rings. The summed E-state index contributed by atoms with van der Waals surface area (Å²) in [7, 11) is 0. The van der Waals surface area contributed by atoms with Gasteiger partial charge in [0, 0.05) is 6.54 Å². The van der Waals surface area contributed by atoms with Gasteiger partial charge in [-0.1, -0.05) is 42.5 Å². The third-order valence-electron chi connectivity index (χ3n) is 3.88. The van der Waals surface area contributed by atoms with Crippen LogP contribution in [0.15, 0.2) is 54.6 Å². The molecule has 0 aliphatic heterocycles. The molecular formula is C17H15N5. The van der Waals surface area contributed by atoms with Crippen molar-refractivity contribution >= 4 is 33.2 Å². The molecule has 0 atom stereocenters. The smallest absolute Gasteiger partial charge is 0.137 e. The van der Waals surface area contributed by atoms with Crippen molar-refractivity contribution in [1.29, 1.82) is 0 Å². The molecule has 0 aliphatic rings. The zero-order chi connectivity index (χ0) is 14.9. The molecule has 0 bridgehead atoms. The number of benzene rings is 3. The van der Waals surface area contributed by atoms with Gasteiger partial charge in [-0.05, 0) is 28.5 Å². The first kappa shape index (κ1) is 12.6. The van der Waals surface area contributed by atoms with Crippen LogP contribution in [-0.4, -0.2) is 15.4 Å². The van der Waals surface area contributed by atoms with Gasteiger partial charge in [0.2, 0.25) is 0 Å². The van der Waals surface area contributed by atoms with Crippen molar-refractivity contribution in [3.05, 3.63) is 60.2 Å². The van der Waals surface area contributed by atoms with Gasteiger partial charge in [0.05, 0.1) is 11.4 Å². The topological polar surface area (TPSA) is 79.6 Å². The molecule has 22 heavy (non-hydrogen) atoms. The number of nitrogen functional groups attached to an aromatic ring is 1. The summed E-state index contributed by atoms with van der Waals surface area (Å²) in [5.74, 6) is 0. The number of nitrogens with zero attached hydrogens (tertiary/aromatic N) is 2. The van der Waals surface area contributed by atoms with Crippen LogP contribution in [0.25, 0.3) is 21.8 Å². The molecule has 0 amide bonds. The van der Waals surface area contributed by atoms with Crippen molar-refractivity contribution in [2.24, 2.45) is 0 Å². The van der Waals surface area contributed by atoms with Crippen LogP contribution in [0.2, 0.25) is 0 Å². The number of nitrogens with one attached hydrogen (secondary N) is 2. The Kier molecular flexibility index (Phi) is 2.89. The Bertz CT molecular complexity index is 952. The van der Waals surface area contributed by atoms with Crippen LogP contribution < -0.4 is 11.1 Å². The van der Waals surface area contributed by atoms with E-state index in [0.29, 0.717) is 17.7 Å². The Morgan fingerprint density at radius 2 is 1.82 bits per heavy atom. The summed E-state index contributed by atoms with van der Waals surface area (Å²) in [4.78, 5) is 0. The molecule has 1 heterocycles. The lowest BCUT2D eigenvalue weighted by molar-refractivity contribution is 0.960. The molecule has 4 N–H and O–H groups in total. The number of hydrogen-bond acceptors (Lipinski definition) is 4. The molecule has 0 spiro atoms. The van der Waals surface area contributed by atoms with E-state index in [-0.39, 0.29) is 0 Å². The first-order valence-corrected chi connectivity index (χ1v) is 7.12. The zero-order valence-electron chi connectivity index (χ0n) is 11.9. The van der Waals surface area contributed by atoms with E-state index >= 15 is 0 Å². The highest BCUT2D eigenvalue weighted by Crippen LogP contribution is 2.27. The molecular weight excluding hydrogens is 274 g/mol. The van der Waals surface area contributed by atoms with E-state index in [1.54, 1.807) is 0 Å². The molecule has 5 nitrogen and oxygen atoms in total. The van der Waals surface area contributed by atoms with Crippen LogP contribution in [-0.2, 0) is 6.54 Å². The maximum Gasteiger partial charge on any atom is 0.137 e. The second kappa shape index (κ2) is 5.04. The lowest BCUT2D eigenvalue weighted by atomic mass is 10.0. The van der Waals surface area contributed by atoms with Crippen LogP contribution in [0.1, 0.15) is 5.56 Å². The normalized spacial score (nSPS) is 11.1. The molecule has 0 fully saturated rings. The van der Waals surface area contributed by atoms with Crippen molar-refractivity contribution in [2.75, 3.05) is 11.1 Å². The molecule has 0 saturated heterocycles. The Balaban J connectivity index is 1.67. The highest BCUT2D eigenvalue weighted by molar-refractivity contribution is 5.94. The van der Waals surface area contributed by atoms with Crippen LogP contribution in [0.4, 0.5) is 11.4 Å². The maximum atomic E-state index is 6.16. The highest BCUT2D eigenvalue weighted by atomic mass is 15.3. The first-order chi connectivity index (χ1) is 10.8. The highest BCUT2D eigenvalue weighted by Gasteiger charge is 2.08. The Labute approximate surface area is 127 Å². The standard InChI is InChI=1S/C17H15N5/c18-16-14(8-9-15-17(16)21-22-20-15)19-10-12-6-3-5-11-4-1-2-7-13(11)12/h1-9,19H,10,18H2,(H,20,21,22). The number of aromatic nitrogens is 3. The average Bonchev–Trinajstić information content (AvgIpc) is 3.04. The lowest BCUT2D eigenvalue weighted by Gasteiger charge is -2.11. The summed E-state index contributed by atoms with van der Waals surface area (Å²) in [5, 5.41) is 16.6. The molecule has 0 aliphatic carbocycles. The van der Waals surface area contributed by atoms with Gasteiger partial charge in [-0.25, -0.2) is 0 Å². The predicted octanol–water partition coefficient (Wildman–Crippen LogP) is 3.31. The summed E-state index contributed by atoms with van der Waals surface area (Å²) in [5.41, 5.74) is 10.3. The Hall–Kier alpha value is -3.08. The summed E-state index contributed by atoms with van der Waals surface area (Å²) < 4.78 is 0. The van der Waals surface area contributed by atoms with Gasteiger partial charge < -0.3 is 11.1 Å². The minimum absolute atomic E-state index is 0.617. The molecule has 0 unspecified atom stereocenters. The molecule has 108 valence electrons. The maximum absolute atomic E-state index is 6.16. The third-order valence-corrected chi connectivity index (χ3v) is 3.88. The van der Waals surface area contributed by atoms with Crippen molar-refractivity contribution in [2.45, 2.75) is 6.54 Å². The number of H-pyrrole nitrogens is 1. The van der Waals surface area contributed by atoms with E-state index in [4.69, 9.17) is 5.73 Å². The van der Waals surface area contributed by atoms with Crippen molar-refractivity contribution in [1.82, 2.24) is 15.4 Å². The second-order valence-electron chi connectivity index (χ2n) is 5.21. The van der Waals surface area contributed by atoms with E-state index in [2.05, 4.69) is 63.2 Å². The van der Waals surface area contributed by atoms with Crippen LogP contribution >= 0.6 is 0 Å². The van der Waals surface area contributed by atoms with Crippen molar-refractivity contribution in [3.8, 4) is 0 Å². The Morgan fingerprint density at radius 1 is 0.955 bits per heavy atom. The average molecular weight is 289 g/mol. The van der Waals surface area contributed by atoms with E-state index < -0.39 is 0 Å². The fourth-order valence-corrected chi connectivity index (χ4v) is 2.72. The van der Waals surface area contributed by atoms with Crippen molar-refractivity contribution < 1.29 is 0 Å². The Morgan fingerprint density at radius 3 is 2.77 bits per heavy atom. The molecule has 0 radical (unpaired) electrons. The van der Waals surface area contributed by atoms with Crippen LogP contribution in [0.3, 0.4) is 0 Å². The van der Waals surface area contributed by atoms with E-state index in [1.165, 1.54) is 16.3 Å². The van der Waals surface area contributed by atoms with Gasteiger partial charge in [-0.3, -0.25) is 0 Å². The largest absolute Gasteiger partial charge is 0.395 e. The minimum Gasteiger partial charge on any atom is -0.395 e. The van der Waals surface area contributed by atoms with E-state index in [1.807, 2.05) is 12.1 Å². The predicted molar refractivity (Wildman–Crippen MR) is 89.6 cm³/mol. The lowest BCUT2D eigenvalue weighted by Crippen LogP contribution is -2.03. The number of rotatable bonds is 3. The number of nitrogens with two attached hydrogens (primary N) is 1. The fourth-order valence-electron chi connectivity index (χ4n) is 2.72. The van der Waals surface area contributed by atoms with E-state index in [9.17, 15) is 0 Å². The van der Waals surface area contributed by atoms with Crippen LogP contribution in [0, 0.1) is 0 Å². The number of fused-ring (bicyclic) bond motifs is 2. The molecule has 1 aromatic heterocycles. The monoisotopic (exact) mass is 289 g/mol. The van der Waals surface area contributed by atoms with Gasteiger partial charge in [-0.15, -0.1) is 0 Å². The number of aromatic amines is 1. The molecule has 3 aromatic carbocycles. The van der Waals surface area contributed by atoms with Gasteiger partial charge in [-0.2, -0.15) is 15.4 Å². The first-order valence-electron chi connectivity index (χ1n) is 7.12. The SMILES string of the molecule is Nc1c(NCc2cccc3ccccc23)ccc2n[nH]nc12. The van der Waals surface area contributed by atoms with Crippen LogP contribution in [0.5, 0.6) is 0 Å². The second-order valence-corrected chi connectivity index (χ2v) is 5.21.